The minimum absolute atomic E-state index is 0.260. The molecule has 7 heteroatoms. The molecule has 7 nitrogen and oxygen atoms in total. The first-order valence-electron chi connectivity index (χ1n) is 8.90. The van der Waals surface area contributed by atoms with Crippen LogP contribution in [0.15, 0.2) is 24.3 Å². The summed E-state index contributed by atoms with van der Waals surface area (Å²) in [7, 11) is 1.39. The first-order chi connectivity index (χ1) is 12.2. The Bertz CT molecular complexity index is 504. The maximum atomic E-state index is 11.4. The lowest BCUT2D eigenvalue weighted by molar-refractivity contribution is 0.0373. The number of hydrazine groups is 1. The highest BCUT2D eigenvalue weighted by molar-refractivity contribution is 5.89. The van der Waals surface area contributed by atoms with Crippen LogP contribution < -0.4 is 16.2 Å². The van der Waals surface area contributed by atoms with Crippen molar-refractivity contribution in [2.75, 3.05) is 58.4 Å². The van der Waals surface area contributed by atoms with E-state index < -0.39 is 0 Å². The summed E-state index contributed by atoms with van der Waals surface area (Å²) in [5.41, 5.74) is 8.05. The fourth-order valence-electron chi connectivity index (χ4n) is 2.69. The van der Waals surface area contributed by atoms with Crippen LogP contribution in [0.5, 0.6) is 0 Å². The summed E-state index contributed by atoms with van der Waals surface area (Å²) in [6.45, 7) is 8.76. The number of benzene rings is 1. The topological polar surface area (TPSA) is 74.9 Å². The Hall–Kier alpha value is -1.67. The zero-order chi connectivity index (χ0) is 17.9. The third-order valence-corrected chi connectivity index (χ3v) is 4.13. The highest BCUT2D eigenvalue weighted by Gasteiger charge is 2.09. The van der Waals surface area contributed by atoms with Gasteiger partial charge in [0.05, 0.1) is 25.9 Å². The lowest BCUT2D eigenvalue weighted by atomic mass is 10.2. The number of carbonyl (C=O) groups excluding carboxylic acids is 1. The summed E-state index contributed by atoms with van der Waals surface area (Å²) in [6, 6.07) is 7.56. The Morgan fingerprint density at radius 1 is 1.24 bits per heavy atom. The number of esters is 1. The number of rotatable bonds is 10. The van der Waals surface area contributed by atoms with E-state index in [0.717, 1.165) is 58.0 Å². The molecule has 0 aromatic heterocycles. The molecule has 1 unspecified atom stereocenters. The predicted octanol–water partition coefficient (Wildman–Crippen LogP) is 1.09. The van der Waals surface area contributed by atoms with Crippen molar-refractivity contribution in [2.45, 2.75) is 19.4 Å². The van der Waals surface area contributed by atoms with Gasteiger partial charge in [-0.05, 0) is 44.2 Å². The first-order valence-corrected chi connectivity index (χ1v) is 8.90. The van der Waals surface area contributed by atoms with Gasteiger partial charge in [0.2, 0.25) is 0 Å². The molecule has 2 rings (SSSR count). The van der Waals surface area contributed by atoms with Gasteiger partial charge < -0.3 is 14.8 Å². The highest BCUT2D eigenvalue weighted by atomic mass is 16.5. The van der Waals surface area contributed by atoms with Crippen LogP contribution in [0.3, 0.4) is 0 Å². The summed E-state index contributed by atoms with van der Waals surface area (Å²) in [6.07, 6.45) is 1.11. The van der Waals surface area contributed by atoms with Crippen LogP contribution in [0.25, 0.3) is 0 Å². The van der Waals surface area contributed by atoms with Gasteiger partial charge >= 0.3 is 5.97 Å². The van der Waals surface area contributed by atoms with Crippen LogP contribution >= 0.6 is 0 Å². The summed E-state index contributed by atoms with van der Waals surface area (Å²) < 4.78 is 10.0. The fraction of sp³-hybridized carbons (Fsp3) is 0.611. The second-order valence-corrected chi connectivity index (χ2v) is 6.23. The van der Waals surface area contributed by atoms with Crippen molar-refractivity contribution in [2.24, 2.45) is 0 Å². The molecule has 1 atom stereocenters. The van der Waals surface area contributed by atoms with Crippen molar-refractivity contribution in [1.82, 2.24) is 15.8 Å². The number of nitrogens with zero attached hydrogens (tertiary/aromatic N) is 1. The van der Waals surface area contributed by atoms with Crippen molar-refractivity contribution in [3.05, 3.63) is 29.8 Å². The Balaban J connectivity index is 1.54. The van der Waals surface area contributed by atoms with Gasteiger partial charge in [0, 0.05) is 37.9 Å². The highest BCUT2D eigenvalue weighted by Crippen LogP contribution is 2.11. The SMILES string of the molecule is COC(=O)c1ccc(NC(C)CNNCCCN2CCOCC2)cc1. The van der Waals surface area contributed by atoms with Crippen LogP contribution in [0.4, 0.5) is 5.69 Å². The van der Waals surface area contributed by atoms with E-state index in [-0.39, 0.29) is 12.0 Å². The number of morpholine rings is 1. The number of carbonyl (C=O) groups is 1. The predicted molar refractivity (Wildman–Crippen MR) is 98.7 cm³/mol. The normalized spacial score (nSPS) is 16.4. The standard InChI is InChI=1S/C18H30N4O3/c1-15(21-17-6-4-16(5-7-17)18(23)24-2)14-20-19-8-3-9-22-10-12-25-13-11-22/h4-7,15,19-21H,3,8-14H2,1-2H3. The van der Waals surface area contributed by atoms with Crippen molar-refractivity contribution >= 4 is 11.7 Å². The van der Waals surface area contributed by atoms with Gasteiger partial charge in [-0.3, -0.25) is 15.8 Å². The van der Waals surface area contributed by atoms with Crippen LogP contribution in [0.2, 0.25) is 0 Å². The lowest BCUT2D eigenvalue weighted by Gasteiger charge is -2.26. The van der Waals surface area contributed by atoms with Crippen LogP contribution in [0, 0.1) is 0 Å². The molecule has 1 aliphatic rings. The van der Waals surface area contributed by atoms with Gasteiger partial charge in [0.25, 0.3) is 0 Å². The van der Waals surface area contributed by atoms with Crippen molar-refractivity contribution in [1.29, 1.82) is 0 Å². The number of hydrogen-bond acceptors (Lipinski definition) is 7. The molecule has 1 fully saturated rings. The lowest BCUT2D eigenvalue weighted by Crippen LogP contribution is -2.42. The van der Waals surface area contributed by atoms with Crippen LogP contribution in [0.1, 0.15) is 23.7 Å². The van der Waals surface area contributed by atoms with E-state index in [2.05, 4.69) is 28.0 Å². The molecule has 0 radical (unpaired) electrons. The molecule has 1 saturated heterocycles. The molecule has 1 aliphatic heterocycles. The number of nitrogens with one attached hydrogen (secondary N) is 3. The fourth-order valence-corrected chi connectivity index (χ4v) is 2.69. The maximum Gasteiger partial charge on any atom is 0.337 e. The van der Waals surface area contributed by atoms with E-state index in [4.69, 9.17) is 9.47 Å². The molecule has 0 saturated carbocycles. The molecule has 0 bridgehead atoms. The van der Waals surface area contributed by atoms with Gasteiger partial charge in [0.15, 0.2) is 0 Å². The maximum absolute atomic E-state index is 11.4. The smallest absolute Gasteiger partial charge is 0.337 e. The average Bonchev–Trinajstić information content (AvgIpc) is 2.65. The molecule has 140 valence electrons. The zero-order valence-electron chi connectivity index (χ0n) is 15.2. The molecule has 0 amide bonds. The quantitative estimate of drug-likeness (QED) is 0.331. The van der Waals surface area contributed by atoms with Crippen molar-refractivity contribution in [3.8, 4) is 0 Å². The molecule has 3 N–H and O–H groups in total. The molecule has 25 heavy (non-hydrogen) atoms. The molecular formula is C18H30N4O3. The van der Waals surface area contributed by atoms with Crippen molar-refractivity contribution in [3.63, 3.8) is 0 Å². The number of methoxy groups -OCH3 is 1. The largest absolute Gasteiger partial charge is 0.465 e. The molecule has 0 spiro atoms. The van der Waals surface area contributed by atoms with E-state index in [1.54, 1.807) is 12.1 Å². The number of ether oxygens (including phenoxy) is 2. The zero-order valence-corrected chi connectivity index (χ0v) is 15.2. The molecular weight excluding hydrogens is 320 g/mol. The van der Waals surface area contributed by atoms with Crippen LogP contribution in [-0.2, 0) is 9.47 Å². The summed E-state index contributed by atoms with van der Waals surface area (Å²) >= 11 is 0. The van der Waals surface area contributed by atoms with E-state index in [9.17, 15) is 4.79 Å². The monoisotopic (exact) mass is 350 g/mol. The summed E-state index contributed by atoms with van der Waals surface area (Å²) in [4.78, 5) is 13.8. The van der Waals surface area contributed by atoms with E-state index in [0.29, 0.717) is 5.56 Å². The third kappa shape index (κ3) is 7.39. The average molecular weight is 350 g/mol. The molecule has 1 aromatic carbocycles. The first kappa shape index (κ1) is 19.7. The second kappa shape index (κ2) is 11.0. The number of anilines is 1. The molecule has 1 aromatic rings. The Morgan fingerprint density at radius 2 is 1.96 bits per heavy atom. The molecule has 1 heterocycles. The van der Waals surface area contributed by atoms with Gasteiger partial charge in [0.1, 0.15) is 0 Å². The minimum Gasteiger partial charge on any atom is -0.465 e. The van der Waals surface area contributed by atoms with E-state index in [1.807, 2.05) is 12.1 Å². The second-order valence-electron chi connectivity index (χ2n) is 6.23. The van der Waals surface area contributed by atoms with Gasteiger partial charge in [-0.25, -0.2) is 4.79 Å². The Kier molecular flexibility index (Phi) is 8.68. The molecule has 0 aliphatic carbocycles. The Labute approximate surface area is 150 Å². The Morgan fingerprint density at radius 3 is 2.64 bits per heavy atom. The van der Waals surface area contributed by atoms with E-state index >= 15 is 0 Å². The number of hydrogen-bond donors (Lipinski definition) is 3. The minimum atomic E-state index is -0.317. The van der Waals surface area contributed by atoms with Gasteiger partial charge in [-0.2, -0.15) is 0 Å². The third-order valence-electron chi connectivity index (χ3n) is 4.13. The summed E-state index contributed by atoms with van der Waals surface area (Å²) in [5.74, 6) is -0.317. The van der Waals surface area contributed by atoms with E-state index in [1.165, 1.54) is 7.11 Å². The van der Waals surface area contributed by atoms with Crippen LogP contribution in [-0.4, -0.2) is 70.0 Å². The van der Waals surface area contributed by atoms with Gasteiger partial charge in [-0.1, -0.05) is 0 Å². The van der Waals surface area contributed by atoms with Gasteiger partial charge in [-0.15, -0.1) is 0 Å². The van der Waals surface area contributed by atoms with Crippen molar-refractivity contribution < 1.29 is 14.3 Å². The summed E-state index contributed by atoms with van der Waals surface area (Å²) in [5, 5.41) is 3.39.